The van der Waals surface area contributed by atoms with E-state index in [1.165, 1.54) is 10.6 Å². The second-order valence-corrected chi connectivity index (χ2v) is 7.98. The molecule has 0 spiro atoms. The number of pyridine rings is 1. The third kappa shape index (κ3) is 3.47. The first kappa shape index (κ1) is 19.8. The molecule has 7 heteroatoms. The van der Waals surface area contributed by atoms with Crippen molar-refractivity contribution in [2.24, 2.45) is 0 Å². The third-order valence-corrected chi connectivity index (χ3v) is 5.73. The van der Waals surface area contributed by atoms with E-state index in [9.17, 15) is 14.4 Å². The lowest BCUT2D eigenvalue weighted by Crippen LogP contribution is -2.54. The van der Waals surface area contributed by atoms with Crippen LogP contribution in [-0.4, -0.2) is 57.2 Å². The highest BCUT2D eigenvalue weighted by atomic mass is 16.2. The van der Waals surface area contributed by atoms with Crippen LogP contribution in [0, 0.1) is 0 Å². The van der Waals surface area contributed by atoms with Crippen LogP contribution in [0.3, 0.4) is 0 Å². The number of amides is 2. The fourth-order valence-corrected chi connectivity index (χ4v) is 3.83. The molecular weight excluding hydrogens is 380 g/mol. The van der Waals surface area contributed by atoms with Crippen LogP contribution in [0.5, 0.6) is 0 Å². The van der Waals surface area contributed by atoms with Crippen LogP contribution in [0.4, 0.5) is 0 Å². The van der Waals surface area contributed by atoms with E-state index in [0.717, 1.165) is 5.56 Å². The van der Waals surface area contributed by atoms with Crippen LogP contribution in [0.15, 0.2) is 65.7 Å². The second-order valence-electron chi connectivity index (χ2n) is 7.98. The summed E-state index contributed by atoms with van der Waals surface area (Å²) in [6, 6.07) is 14.9. The Morgan fingerprint density at radius 1 is 0.900 bits per heavy atom. The van der Waals surface area contributed by atoms with Crippen molar-refractivity contribution in [3.05, 3.63) is 82.4 Å². The van der Waals surface area contributed by atoms with Gasteiger partial charge >= 0.3 is 0 Å². The third-order valence-electron chi connectivity index (χ3n) is 5.73. The maximum Gasteiger partial charge on any atom is 0.270 e. The summed E-state index contributed by atoms with van der Waals surface area (Å²) in [5.74, 6) is -0.312. The van der Waals surface area contributed by atoms with Gasteiger partial charge in [0.15, 0.2) is 0 Å². The van der Waals surface area contributed by atoms with Crippen LogP contribution in [0.25, 0.3) is 5.65 Å². The first-order valence-electron chi connectivity index (χ1n) is 10.00. The SMILES string of the molecule is CC(C)(C(=O)N1CCN(C(=O)c2cnc3ccccn3c2=O)CC1)c1ccccc1. The summed E-state index contributed by atoms with van der Waals surface area (Å²) >= 11 is 0. The molecule has 1 aliphatic heterocycles. The lowest BCUT2D eigenvalue weighted by Gasteiger charge is -2.38. The molecule has 2 aromatic heterocycles. The molecule has 1 aromatic carbocycles. The average Bonchev–Trinajstić information content (AvgIpc) is 2.79. The molecule has 1 aliphatic rings. The van der Waals surface area contributed by atoms with Gasteiger partial charge in [-0.3, -0.25) is 18.8 Å². The highest BCUT2D eigenvalue weighted by Gasteiger charge is 2.36. The number of piperazine rings is 1. The van der Waals surface area contributed by atoms with Gasteiger partial charge in [-0.1, -0.05) is 36.4 Å². The summed E-state index contributed by atoms with van der Waals surface area (Å²) in [5, 5.41) is 0. The lowest BCUT2D eigenvalue weighted by molar-refractivity contribution is -0.137. The molecule has 3 heterocycles. The Labute approximate surface area is 174 Å². The Hall–Kier alpha value is -3.48. The molecule has 0 unspecified atom stereocenters. The van der Waals surface area contributed by atoms with Gasteiger partial charge in [-0.05, 0) is 31.5 Å². The fourth-order valence-electron chi connectivity index (χ4n) is 3.83. The van der Waals surface area contributed by atoms with Gasteiger partial charge in [-0.15, -0.1) is 0 Å². The van der Waals surface area contributed by atoms with Crippen molar-refractivity contribution in [2.75, 3.05) is 26.2 Å². The highest BCUT2D eigenvalue weighted by Crippen LogP contribution is 2.26. The molecular formula is C23H24N4O3. The molecule has 2 amide bonds. The predicted molar refractivity (Wildman–Crippen MR) is 113 cm³/mol. The smallest absolute Gasteiger partial charge is 0.270 e. The Bertz CT molecular complexity index is 1150. The van der Waals surface area contributed by atoms with E-state index in [0.29, 0.717) is 31.8 Å². The molecule has 4 rings (SSSR count). The first-order chi connectivity index (χ1) is 14.4. The lowest BCUT2D eigenvalue weighted by atomic mass is 9.83. The topological polar surface area (TPSA) is 75.0 Å². The second kappa shape index (κ2) is 7.74. The number of hydrogen-bond donors (Lipinski definition) is 0. The summed E-state index contributed by atoms with van der Waals surface area (Å²) < 4.78 is 1.37. The van der Waals surface area contributed by atoms with Gasteiger partial charge in [0.25, 0.3) is 11.5 Å². The summed E-state index contributed by atoms with van der Waals surface area (Å²) in [6.45, 7) is 5.47. The minimum Gasteiger partial charge on any atom is -0.338 e. The van der Waals surface area contributed by atoms with Crippen molar-refractivity contribution >= 4 is 17.5 Å². The Morgan fingerprint density at radius 3 is 2.23 bits per heavy atom. The van der Waals surface area contributed by atoms with Crippen LogP contribution >= 0.6 is 0 Å². The summed E-state index contributed by atoms with van der Waals surface area (Å²) in [6.07, 6.45) is 2.94. The number of carbonyl (C=O) groups excluding carboxylic acids is 2. The summed E-state index contributed by atoms with van der Waals surface area (Å²) in [7, 11) is 0. The zero-order valence-corrected chi connectivity index (χ0v) is 17.1. The molecule has 0 atom stereocenters. The fraction of sp³-hybridized carbons (Fsp3) is 0.304. The molecule has 0 aliphatic carbocycles. The standard InChI is InChI=1S/C23H24N4O3/c1-23(2,17-8-4-3-5-9-17)22(30)26-14-12-25(13-15-26)20(28)18-16-24-19-10-6-7-11-27(19)21(18)29/h3-11,16H,12-15H2,1-2H3. The van der Waals surface area contributed by atoms with Gasteiger partial charge in [0.1, 0.15) is 11.2 Å². The van der Waals surface area contributed by atoms with Crippen molar-refractivity contribution in [2.45, 2.75) is 19.3 Å². The number of benzene rings is 1. The van der Waals surface area contributed by atoms with Crippen LogP contribution in [-0.2, 0) is 10.2 Å². The molecule has 3 aromatic rings. The minimum absolute atomic E-state index is 0.0354. The van der Waals surface area contributed by atoms with Gasteiger partial charge in [-0.2, -0.15) is 0 Å². The zero-order valence-electron chi connectivity index (χ0n) is 17.1. The maximum absolute atomic E-state index is 13.1. The van der Waals surface area contributed by atoms with E-state index in [2.05, 4.69) is 4.98 Å². The molecule has 30 heavy (non-hydrogen) atoms. The minimum atomic E-state index is -0.644. The summed E-state index contributed by atoms with van der Waals surface area (Å²) in [4.78, 5) is 46.4. The average molecular weight is 404 g/mol. The quantitative estimate of drug-likeness (QED) is 0.669. The summed E-state index contributed by atoms with van der Waals surface area (Å²) in [5.41, 5.74) is 0.480. The van der Waals surface area contributed by atoms with Gasteiger partial charge in [0.05, 0.1) is 5.41 Å². The largest absolute Gasteiger partial charge is 0.338 e. The van der Waals surface area contributed by atoms with E-state index in [-0.39, 0.29) is 22.9 Å². The number of fused-ring (bicyclic) bond motifs is 1. The number of rotatable bonds is 3. The van der Waals surface area contributed by atoms with Crippen LogP contribution < -0.4 is 5.56 Å². The van der Waals surface area contributed by atoms with Crippen molar-refractivity contribution in [3.63, 3.8) is 0 Å². The number of aromatic nitrogens is 2. The molecule has 1 fully saturated rings. The molecule has 7 nitrogen and oxygen atoms in total. The van der Waals surface area contributed by atoms with E-state index in [1.807, 2.05) is 44.2 Å². The van der Waals surface area contributed by atoms with Crippen molar-refractivity contribution in [3.8, 4) is 0 Å². The predicted octanol–water partition coefficient (Wildman–Crippen LogP) is 1.96. The molecule has 0 radical (unpaired) electrons. The molecule has 0 saturated carbocycles. The maximum atomic E-state index is 13.1. The number of carbonyl (C=O) groups is 2. The molecule has 0 bridgehead atoms. The van der Waals surface area contributed by atoms with Crippen LogP contribution in [0.1, 0.15) is 29.8 Å². The van der Waals surface area contributed by atoms with Crippen molar-refractivity contribution in [1.82, 2.24) is 19.2 Å². The Kier molecular flexibility index (Phi) is 5.11. The van der Waals surface area contributed by atoms with E-state index in [1.54, 1.807) is 34.2 Å². The first-order valence-corrected chi connectivity index (χ1v) is 10.00. The van der Waals surface area contributed by atoms with Crippen LogP contribution in [0.2, 0.25) is 0 Å². The number of hydrogen-bond acceptors (Lipinski definition) is 4. The van der Waals surface area contributed by atoms with Crippen molar-refractivity contribution < 1.29 is 9.59 Å². The monoisotopic (exact) mass is 404 g/mol. The van der Waals surface area contributed by atoms with E-state index in [4.69, 9.17) is 0 Å². The van der Waals surface area contributed by atoms with E-state index < -0.39 is 5.41 Å². The van der Waals surface area contributed by atoms with Gasteiger partial charge in [0, 0.05) is 38.6 Å². The zero-order chi connectivity index (χ0) is 21.3. The van der Waals surface area contributed by atoms with Gasteiger partial charge in [0.2, 0.25) is 5.91 Å². The van der Waals surface area contributed by atoms with Gasteiger partial charge < -0.3 is 9.80 Å². The van der Waals surface area contributed by atoms with Crippen molar-refractivity contribution in [1.29, 1.82) is 0 Å². The molecule has 1 saturated heterocycles. The Balaban J connectivity index is 1.47. The number of nitrogens with zero attached hydrogens (tertiary/aromatic N) is 4. The normalized spacial score (nSPS) is 14.7. The highest BCUT2D eigenvalue weighted by molar-refractivity contribution is 5.94. The Morgan fingerprint density at radius 2 is 1.53 bits per heavy atom. The van der Waals surface area contributed by atoms with Gasteiger partial charge in [-0.25, -0.2) is 4.98 Å². The molecule has 154 valence electrons. The molecule has 0 N–H and O–H groups in total. The van der Waals surface area contributed by atoms with E-state index >= 15 is 0 Å².